The van der Waals surface area contributed by atoms with Gasteiger partial charge in [0, 0.05) is 17.6 Å². The molecule has 0 aliphatic heterocycles. The van der Waals surface area contributed by atoms with Crippen LogP contribution in [0, 0.1) is 0 Å². The zero-order valence-electron chi connectivity index (χ0n) is 15.8. The van der Waals surface area contributed by atoms with Gasteiger partial charge in [0.25, 0.3) is 0 Å². The van der Waals surface area contributed by atoms with E-state index >= 15 is 0 Å². The molecule has 0 saturated heterocycles. The number of halogens is 1. The standard InChI is InChI=1S/C21H24ClNO4/c1-25-18-10-15(11-19(26-2)21(18)27-3)13-23(17-8-9-17)20(24)12-14-4-6-16(22)7-5-14/h4-7,10-11,17H,8-9,12-13H2,1-3H3. The Hall–Kier alpha value is -2.40. The summed E-state index contributed by atoms with van der Waals surface area (Å²) in [6.45, 7) is 0.508. The molecule has 0 aromatic heterocycles. The van der Waals surface area contributed by atoms with Crippen molar-refractivity contribution in [2.24, 2.45) is 0 Å². The summed E-state index contributed by atoms with van der Waals surface area (Å²) in [5, 5.41) is 0.669. The maximum atomic E-state index is 12.9. The number of carbonyl (C=O) groups excluding carboxylic acids is 1. The zero-order valence-corrected chi connectivity index (χ0v) is 16.6. The summed E-state index contributed by atoms with van der Waals surface area (Å²) >= 11 is 5.93. The van der Waals surface area contributed by atoms with Crippen molar-refractivity contribution in [3.05, 3.63) is 52.5 Å². The van der Waals surface area contributed by atoms with Crippen LogP contribution in [0.15, 0.2) is 36.4 Å². The highest BCUT2D eigenvalue weighted by Crippen LogP contribution is 2.39. The molecule has 0 bridgehead atoms. The number of methoxy groups -OCH3 is 3. The Morgan fingerprint density at radius 1 is 1.00 bits per heavy atom. The second-order valence-electron chi connectivity index (χ2n) is 6.59. The lowest BCUT2D eigenvalue weighted by molar-refractivity contribution is -0.131. The van der Waals surface area contributed by atoms with Crippen LogP contribution in [0.4, 0.5) is 0 Å². The molecule has 0 heterocycles. The Morgan fingerprint density at radius 3 is 2.07 bits per heavy atom. The second kappa shape index (κ2) is 8.53. The van der Waals surface area contributed by atoms with E-state index in [0.717, 1.165) is 24.0 Å². The average Bonchev–Trinajstić information content (AvgIpc) is 3.51. The van der Waals surface area contributed by atoms with Gasteiger partial charge in [0.05, 0.1) is 27.8 Å². The fourth-order valence-corrected chi connectivity index (χ4v) is 3.23. The van der Waals surface area contributed by atoms with Gasteiger partial charge >= 0.3 is 0 Å². The summed E-state index contributed by atoms with van der Waals surface area (Å²) in [5.74, 6) is 1.84. The zero-order chi connectivity index (χ0) is 19.4. The lowest BCUT2D eigenvalue weighted by atomic mass is 10.1. The Labute approximate surface area is 164 Å². The van der Waals surface area contributed by atoms with E-state index in [-0.39, 0.29) is 5.91 Å². The van der Waals surface area contributed by atoms with Crippen molar-refractivity contribution >= 4 is 17.5 Å². The fourth-order valence-electron chi connectivity index (χ4n) is 3.11. The van der Waals surface area contributed by atoms with Gasteiger partial charge in [-0.2, -0.15) is 0 Å². The molecule has 0 N–H and O–H groups in total. The Balaban J connectivity index is 1.80. The molecule has 0 atom stereocenters. The molecule has 1 aliphatic rings. The third-order valence-electron chi connectivity index (χ3n) is 4.65. The van der Waals surface area contributed by atoms with Crippen LogP contribution in [-0.4, -0.2) is 38.2 Å². The predicted octanol–water partition coefficient (Wildman–Crippen LogP) is 4.10. The maximum Gasteiger partial charge on any atom is 0.227 e. The number of carbonyl (C=O) groups is 1. The number of rotatable bonds is 8. The average molecular weight is 390 g/mol. The van der Waals surface area contributed by atoms with Gasteiger partial charge < -0.3 is 19.1 Å². The first-order valence-corrected chi connectivity index (χ1v) is 9.26. The van der Waals surface area contributed by atoms with E-state index in [1.54, 1.807) is 21.3 Å². The van der Waals surface area contributed by atoms with Crippen LogP contribution < -0.4 is 14.2 Å². The molecule has 2 aromatic carbocycles. The van der Waals surface area contributed by atoms with Crippen LogP contribution in [-0.2, 0) is 17.8 Å². The summed E-state index contributed by atoms with van der Waals surface area (Å²) in [6, 6.07) is 11.5. The number of benzene rings is 2. The smallest absolute Gasteiger partial charge is 0.227 e. The topological polar surface area (TPSA) is 48.0 Å². The third kappa shape index (κ3) is 4.66. The minimum atomic E-state index is 0.105. The Morgan fingerprint density at radius 2 is 1.59 bits per heavy atom. The monoisotopic (exact) mass is 389 g/mol. The van der Waals surface area contributed by atoms with Gasteiger partial charge in [0.15, 0.2) is 11.5 Å². The largest absolute Gasteiger partial charge is 0.493 e. The molecule has 144 valence electrons. The van der Waals surface area contributed by atoms with Crippen LogP contribution in [0.2, 0.25) is 5.02 Å². The number of hydrogen-bond acceptors (Lipinski definition) is 4. The van der Waals surface area contributed by atoms with Gasteiger partial charge in [-0.15, -0.1) is 0 Å². The fraction of sp³-hybridized carbons (Fsp3) is 0.381. The van der Waals surface area contributed by atoms with Crippen LogP contribution in [0.3, 0.4) is 0 Å². The molecule has 3 rings (SSSR count). The molecule has 0 unspecified atom stereocenters. The van der Waals surface area contributed by atoms with E-state index < -0.39 is 0 Å². The van der Waals surface area contributed by atoms with Gasteiger partial charge in [-0.25, -0.2) is 0 Å². The van der Waals surface area contributed by atoms with E-state index in [2.05, 4.69) is 0 Å². The number of ether oxygens (including phenoxy) is 3. The maximum absolute atomic E-state index is 12.9. The van der Waals surface area contributed by atoms with E-state index in [9.17, 15) is 4.79 Å². The Kier molecular flexibility index (Phi) is 6.11. The summed E-state index contributed by atoms with van der Waals surface area (Å²) in [5.41, 5.74) is 1.90. The van der Waals surface area contributed by atoms with Gasteiger partial charge in [0.1, 0.15) is 0 Å². The predicted molar refractivity (Wildman–Crippen MR) is 105 cm³/mol. The first-order valence-electron chi connectivity index (χ1n) is 8.88. The Bertz CT molecular complexity index is 777. The molecule has 1 fully saturated rings. The molecule has 2 aromatic rings. The van der Waals surface area contributed by atoms with Gasteiger partial charge in [-0.1, -0.05) is 23.7 Å². The molecule has 1 amide bonds. The van der Waals surface area contributed by atoms with Crippen LogP contribution in [0.1, 0.15) is 24.0 Å². The molecule has 1 aliphatic carbocycles. The summed E-state index contributed by atoms with van der Waals surface area (Å²) in [7, 11) is 4.75. The van der Waals surface area contributed by atoms with Crippen molar-refractivity contribution < 1.29 is 19.0 Å². The first kappa shape index (κ1) is 19.4. The lowest BCUT2D eigenvalue weighted by Crippen LogP contribution is -2.33. The number of amides is 1. The van der Waals surface area contributed by atoms with Crippen LogP contribution in [0.25, 0.3) is 0 Å². The van der Waals surface area contributed by atoms with Crippen LogP contribution >= 0.6 is 11.6 Å². The van der Waals surface area contributed by atoms with Gasteiger partial charge in [0.2, 0.25) is 11.7 Å². The SMILES string of the molecule is COc1cc(CN(C(=O)Cc2ccc(Cl)cc2)C2CC2)cc(OC)c1OC. The highest BCUT2D eigenvalue weighted by Gasteiger charge is 2.32. The van der Waals surface area contributed by atoms with E-state index in [0.29, 0.717) is 41.3 Å². The molecular formula is C21H24ClNO4. The number of nitrogens with zero attached hydrogens (tertiary/aromatic N) is 1. The van der Waals surface area contributed by atoms with Gasteiger partial charge in [-0.05, 0) is 48.2 Å². The number of hydrogen-bond donors (Lipinski definition) is 0. The van der Waals surface area contributed by atoms with E-state index in [1.807, 2.05) is 41.3 Å². The molecular weight excluding hydrogens is 366 g/mol. The summed E-state index contributed by atoms with van der Waals surface area (Å²) in [6.07, 6.45) is 2.44. The molecule has 0 radical (unpaired) electrons. The summed E-state index contributed by atoms with van der Waals surface area (Å²) < 4.78 is 16.2. The van der Waals surface area contributed by atoms with Crippen molar-refractivity contribution in [2.75, 3.05) is 21.3 Å². The third-order valence-corrected chi connectivity index (χ3v) is 4.91. The molecule has 6 heteroatoms. The van der Waals surface area contributed by atoms with Gasteiger partial charge in [-0.3, -0.25) is 4.79 Å². The van der Waals surface area contributed by atoms with Crippen molar-refractivity contribution in [1.29, 1.82) is 0 Å². The second-order valence-corrected chi connectivity index (χ2v) is 7.03. The van der Waals surface area contributed by atoms with Crippen molar-refractivity contribution in [1.82, 2.24) is 4.90 Å². The molecule has 5 nitrogen and oxygen atoms in total. The minimum Gasteiger partial charge on any atom is -0.493 e. The van der Waals surface area contributed by atoms with Crippen LogP contribution in [0.5, 0.6) is 17.2 Å². The normalized spacial score (nSPS) is 13.2. The first-order chi connectivity index (χ1) is 13.0. The highest BCUT2D eigenvalue weighted by atomic mass is 35.5. The summed E-state index contributed by atoms with van der Waals surface area (Å²) in [4.78, 5) is 14.9. The highest BCUT2D eigenvalue weighted by molar-refractivity contribution is 6.30. The lowest BCUT2D eigenvalue weighted by Gasteiger charge is -2.24. The molecule has 1 saturated carbocycles. The van der Waals surface area contributed by atoms with E-state index in [1.165, 1.54) is 0 Å². The van der Waals surface area contributed by atoms with Crippen molar-refractivity contribution in [3.8, 4) is 17.2 Å². The minimum absolute atomic E-state index is 0.105. The molecule has 0 spiro atoms. The van der Waals surface area contributed by atoms with Crippen molar-refractivity contribution in [2.45, 2.75) is 31.8 Å². The quantitative estimate of drug-likeness (QED) is 0.682. The molecule has 27 heavy (non-hydrogen) atoms. The van der Waals surface area contributed by atoms with Crippen molar-refractivity contribution in [3.63, 3.8) is 0 Å². The van der Waals surface area contributed by atoms with E-state index in [4.69, 9.17) is 25.8 Å².